The standard InChI is InChI=1S/C27H36N2O.C26H34FNO.C26H34N2O.C24H30N2O/c1-21-12-14-22(15-13-21)20-29(27(30)28-25-10-6-3-7-11-25)26-18-16-24(17-19-26)23-8-4-2-5-9-23;1-17-3-5-21(6-4-17)26(29)15-18(2)19-7-9-20(10-8-19)23-13-14-28-25-12-11-22(27)16-24(23)25;1-20-11-13-21(14-12-20)19-28(26(29)27-24-9-5-6-10-24)25-17-15-23(16-18-25)22-7-3-2-4-8-22;1-18-7-9-19(10-8-18)17-26(24(27)25-22-13-14-22)23-15-11-21(12-16-23)20-5-3-2-4-6-20/h2,4-5,8-9,12-15,24-26H,3,6-7,10-11,16-20H2,1H3,(H,28,30);11-14,16-21H,3-10,15H2,1-2H3;2-4,7-8,11-14,23-25H,5-6,9-10,15-19H2,1H3,(H,27,29);2-10,21-23H,11-17H2,1H3,(H,25,27)/t;17?,18-,19?,20?,21?;;/m.0../s1. The van der Waals surface area contributed by atoms with Gasteiger partial charge in [0.2, 0.25) is 0 Å². The van der Waals surface area contributed by atoms with Crippen LogP contribution in [0.1, 0.15) is 299 Å². The highest BCUT2D eigenvalue weighted by atomic mass is 19.1. The third-order valence-corrected chi connectivity index (χ3v) is 27.7. The summed E-state index contributed by atoms with van der Waals surface area (Å²) in [6, 6.07) is 68.0. The summed E-state index contributed by atoms with van der Waals surface area (Å²) in [4.78, 5) is 63.1. The van der Waals surface area contributed by atoms with Gasteiger partial charge in [-0.25, -0.2) is 18.8 Å². The molecule has 8 saturated carbocycles. The van der Waals surface area contributed by atoms with E-state index in [1.54, 1.807) is 12.1 Å². The van der Waals surface area contributed by atoms with E-state index < -0.39 is 0 Å². The number of nitrogens with zero attached hydrogens (tertiary/aromatic N) is 4. The molecule has 115 heavy (non-hydrogen) atoms. The Kier molecular flexibility index (Phi) is 31.1. The SMILES string of the molecule is CC1CCC(C(=O)C[C@H](C)C2CCC(c3ccnc4ccc(F)cc34)CC2)CC1.Cc1ccc(CN(C(=O)NC2CC2)C2CCC(c3ccccc3)CC2)cc1.Cc1ccc(CN(C(=O)NC2CCCC2)C2CCC(c3ccccc3)CC2)cc1.Cc1ccc(CN(C(=O)NC2CCCCC2)C2CCC(c3ccccc3)CC2)cc1. The summed E-state index contributed by atoms with van der Waals surface area (Å²) in [5, 5.41) is 10.9. The molecule has 16 rings (SSSR count). The van der Waals surface area contributed by atoms with Crippen molar-refractivity contribution in [2.24, 2.45) is 23.7 Å². The first-order valence-corrected chi connectivity index (χ1v) is 45.2. The Bertz CT molecular complexity index is 4260. The summed E-state index contributed by atoms with van der Waals surface area (Å²) in [6.45, 7) is 13.0. The van der Waals surface area contributed by atoms with E-state index in [9.17, 15) is 23.6 Å². The fraction of sp³-hybridized carbons (Fsp3) is 0.524. The number of fused-ring (bicyclic) bond motifs is 1. The van der Waals surface area contributed by atoms with E-state index in [1.807, 2.05) is 6.20 Å². The smallest absolute Gasteiger partial charge is 0.318 e. The van der Waals surface area contributed by atoms with Gasteiger partial charge in [0.15, 0.2) is 0 Å². The highest BCUT2D eigenvalue weighted by Crippen LogP contribution is 2.44. The maximum Gasteiger partial charge on any atom is 0.318 e. The second kappa shape index (κ2) is 42.5. The molecule has 1 heterocycles. The number of amides is 6. The van der Waals surface area contributed by atoms with Gasteiger partial charge in [0.05, 0.1) is 5.52 Å². The van der Waals surface area contributed by atoms with Gasteiger partial charge in [0.1, 0.15) is 11.6 Å². The number of nitrogens with one attached hydrogen (secondary N) is 3. The van der Waals surface area contributed by atoms with Crippen LogP contribution in [0.3, 0.4) is 0 Å². The second-order valence-electron chi connectivity index (χ2n) is 36.3. The number of Topliss-reactive ketones (excluding diaryl/α,β-unsaturated/α-hetero) is 1. The zero-order valence-corrected chi connectivity index (χ0v) is 70.1. The number of aromatic nitrogens is 1. The molecule has 8 aliphatic carbocycles. The van der Waals surface area contributed by atoms with E-state index in [1.165, 1.54) is 119 Å². The number of rotatable bonds is 20. The third-order valence-electron chi connectivity index (χ3n) is 27.7. The molecule has 3 N–H and O–H groups in total. The number of urea groups is 3. The Balaban J connectivity index is 0.000000134. The molecule has 12 heteroatoms. The Morgan fingerprint density at radius 3 is 1.12 bits per heavy atom. The van der Waals surface area contributed by atoms with Gasteiger partial charge in [0, 0.05) is 79.8 Å². The van der Waals surface area contributed by atoms with Crippen molar-refractivity contribution in [2.45, 2.75) is 320 Å². The number of carbonyl (C=O) groups excluding carboxylic acids is 4. The Morgan fingerprint density at radius 1 is 0.391 bits per heavy atom. The highest BCUT2D eigenvalue weighted by molar-refractivity contribution is 5.83. The maximum absolute atomic E-state index is 13.8. The number of ketones is 1. The number of carbonyl (C=O) groups is 4. The number of pyridine rings is 1. The Labute approximate surface area is 689 Å². The van der Waals surface area contributed by atoms with Gasteiger partial charge in [0.25, 0.3) is 0 Å². The molecule has 8 aliphatic rings. The summed E-state index contributed by atoms with van der Waals surface area (Å²) < 4.78 is 13.8. The molecule has 0 aliphatic heterocycles. The van der Waals surface area contributed by atoms with Gasteiger partial charge in [-0.05, 0) is 280 Å². The van der Waals surface area contributed by atoms with Crippen LogP contribution in [-0.4, -0.2) is 79.8 Å². The Hall–Kier alpha value is -8.64. The lowest BCUT2D eigenvalue weighted by Gasteiger charge is -2.38. The zero-order valence-electron chi connectivity index (χ0n) is 70.1. The summed E-state index contributed by atoms with van der Waals surface area (Å²) >= 11 is 0. The quantitative estimate of drug-likeness (QED) is 0.0700. The fourth-order valence-corrected chi connectivity index (χ4v) is 20.2. The molecule has 8 aromatic rings. The molecule has 8 fully saturated rings. The molecule has 612 valence electrons. The van der Waals surface area contributed by atoms with E-state index in [2.05, 4.69) is 240 Å². The number of halogens is 1. The highest BCUT2D eigenvalue weighted by Gasteiger charge is 2.37. The summed E-state index contributed by atoms with van der Waals surface area (Å²) in [6.07, 6.45) is 38.4. The lowest BCUT2D eigenvalue weighted by atomic mass is 9.71. The minimum atomic E-state index is -0.190. The van der Waals surface area contributed by atoms with E-state index in [0.717, 1.165) is 164 Å². The molecule has 1 atom stereocenters. The van der Waals surface area contributed by atoms with Crippen LogP contribution in [0.25, 0.3) is 10.9 Å². The average molecular weight is 1550 g/mol. The predicted molar refractivity (Wildman–Crippen MR) is 469 cm³/mol. The first-order valence-electron chi connectivity index (χ1n) is 45.2. The first kappa shape index (κ1) is 84.3. The van der Waals surface area contributed by atoms with Crippen molar-refractivity contribution in [3.63, 3.8) is 0 Å². The Morgan fingerprint density at radius 2 is 0.748 bits per heavy atom. The summed E-state index contributed by atoms with van der Waals surface area (Å²) in [5.41, 5.74) is 13.9. The number of hydrogen-bond donors (Lipinski definition) is 3. The van der Waals surface area contributed by atoms with Crippen molar-refractivity contribution in [1.29, 1.82) is 0 Å². The molecular formula is C103H134FN7O4. The third kappa shape index (κ3) is 25.0. The summed E-state index contributed by atoms with van der Waals surface area (Å²) in [7, 11) is 0. The molecule has 0 spiro atoms. The van der Waals surface area contributed by atoms with Crippen molar-refractivity contribution in [2.75, 3.05) is 0 Å². The molecule has 0 radical (unpaired) electrons. The lowest BCUT2D eigenvalue weighted by Crippen LogP contribution is -2.50. The molecule has 1 aromatic heterocycles. The van der Waals surface area contributed by atoms with Crippen LogP contribution in [0.15, 0.2) is 194 Å². The number of aryl methyl sites for hydroxylation is 3. The molecular weight excluding hydrogens is 1420 g/mol. The minimum Gasteiger partial charge on any atom is -0.335 e. The molecule has 7 aromatic carbocycles. The van der Waals surface area contributed by atoms with E-state index in [0.29, 0.717) is 103 Å². The molecule has 0 bridgehead atoms. The van der Waals surface area contributed by atoms with Gasteiger partial charge >= 0.3 is 18.1 Å². The van der Waals surface area contributed by atoms with Crippen LogP contribution in [0.2, 0.25) is 0 Å². The topological polar surface area (TPSA) is 127 Å². The van der Waals surface area contributed by atoms with Crippen LogP contribution in [-0.2, 0) is 24.4 Å². The van der Waals surface area contributed by atoms with Crippen molar-refractivity contribution < 1.29 is 23.6 Å². The monoisotopic (exact) mass is 1550 g/mol. The first-order chi connectivity index (χ1) is 56.1. The molecule has 0 unspecified atom stereocenters. The van der Waals surface area contributed by atoms with E-state index in [-0.39, 0.29) is 23.9 Å². The van der Waals surface area contributed by atoms with Gasteiger partial charge in [-0.15, -0.1) is 0 Å². The van der Waals surface area contributed by atoms with Crippen molar-refractivity contribution in [1.82, 2.24) is 35.6 Å². The number of hydrogen-bond acceptors (Lipinski definition) is 5. The van der Waals surface area contributed by atoms with Crippen molar-refractivity contribution in [3.8, 4) is 0 Å². The minimum absolute atomic E-state index is 0.126. The second-order valence-corrected chi connectivity index (χ2v) is 36.3. The molecule has 6 amide bonds. The van der Waals surface area contributed by atoms with E-state index >= 15 is 0 Å². The van der Waals surface area contributed by atoms with E-state index in [4.69, 9.17) is 0 Å². The maximum atomic E-state index is 13.8. The molecule has 11 nitrogen and oxygen atoms in total. The van der Waals surface area contributed by atoms with Gasteiger partial charge in [-0.2, -0.15) is 0 Å². The fourth-order valence-electron chi connectivity index (χ4n) is 20.2. The van der Waals surface area contributed by atoms with Crippen LogP contribution in [0.4, 0.5) is 18.8 Å². The normalized spacial score (nSPS) is 24.0. The number of benzene rings is 7. The molecule has 0 saturated heterocycles. The van der Waals surface area contributed by atoms with Gasteiger partial charge in [-0.1, -0.05) is 239 Å². The van der Waals surface area contributed by atoms with Crippen molar-refractivity contribution in [3.05, 3.63) is 256 Å². The lowest BCUT2D eigenvalue weighted by molar-refractivity contribution is -0.125. The average Bonchev–Trinajstić information content (AvgIpc) is 1.17. The zero-order chi connectivity index (χ0) is 79.8. The van der Waals surface area contributed by atoms with Crippen LogP contribution in [0.5, 0.6) is 0 Å². The van der Waals surface area contributed by atoms with Crippen LogP contribution >= 0.6 is 0 Å². The van der Waals surface area contributed by atoms with Gasteiger partial charge in [-0.3, -0.25) is 9.78 Å². The van der Waals surface area contributed by atoms with Crippen molar-refractivity contribution >= 4 is 34.8 Å². The van der Waals surface area contributed by atoms with Crippen LogP contribution < -0.4 is 16.0 Å². The predicted octanol–water partition coefficient (Wildman–Crippen LogP) is 25.2. The van der Waals surface area contributed by atoms with Gasteiger partial charge < -0.3 is 30.7 Å². The largest absolute Gasteiger partial charge is 0.335 e. The summed E-state index contributed by atoms with van der Waals surface area (Å²) in [5.74, 6) is 4.93. The van der Waals surface area contributed by atoms with Crippen LogP contribution in [0, 0.1) is 50.3 Å².